The van der Waals surface area contributed by atoms with Crippen molar-refractivity contribution in [3.8, 4) is 16.9 Å². The highest BCUT2D eigenvalue weighted by molar-refractivity contribution is 6.19. The molecule has 4 rings (SSSR count). The van der Waals surface area contributed by atoms with E-state index in [1.54, 1.807) is 0 Å². The number of hydrogen-bond acceptors (Lipinski definition) is 3. The fourth-order valence-corrected chi connectivity index (χ4v) is 4.16. The van der Waals surface area contributed by atoms with Gasteiger partial charge < -0.3 is 14.7 Å². The van der Waals surface area contributed by atoms with Gasteiger partial charge in [-0.15, -0.1) is 11.6 Å². The number of carboxylic acids is 1. The average Bonchev–Trinajstić information content (AvgIpc) is 2.84. The van der Waals surface area contributed by atoms with Crippen LogP contribution in [-0.2, 0) is 11.2 Å². The molecule has 0 aliphatic rings. The van der Waals surface area contributed by atoms with Crippen molar-refractivity contribution in [1.29, 1.82) is 0 Å². The molecule has 4 nitrogen and oxygen atoms in total. The van der Waals surface area contributed by atoms with Crippen LogP contribution in [0.25, 0.3) is 32.7 Å². The Morgan fingerprint density at radius 3 is 2.11 bits per heavy atom. The molecule has 0 aliphatic carbocycles. The lowest BCUT2D eigenvalue weighted by Crippen LogP contribution is -2.21. The number of aliphatic carboxylic acids is 1. The second kappa shape index (κ2) is 12.1. The van der Waals surface area contributed by atoms with Crippen molar-refractivity contribution in [2.45, 2.75) is 12.6 Å². The number of ether oxygens (including phenoxy) is 1. The van der Waals surface area contributed by atoms with Gasteiger partial charge in [0.05, 0.1) is 0 Å². The number of likely N-dealkylation sites (N-methyl/N-ethyl adjacent to an activating group) is 1. The Morgan fingerprint density at radius 1 is 0.917 bits per heavy atom. The molecule has 0 heterocycles. The van der Waals surface area contributed by atoms with Crippen LogP contribution in [-0.4, -0.2) is 55.3 Å². The number of aryl methyl sites for hydroxylation is 1. The molecule has 4 aromatic rings. The maximum absolute atomic E-state index is 10.6. The largest absolute Gasteiger partial charge is 0.492 e. The van der Waals surface area contributed by atoms with Crippen molar-refractivity contribution >= 4 is 39.1 Å². The molecule has 0 amide bonds. The summed E-state index contributed by atoms with van der Waals surface area (Å²) in [6.07, 6.45) is -4.25. The van der Waals surface area contributed by atoms with Crippen LogP contribution in [0.15, 0.2) is 72.8 Å². The van der Waals surface area contributed by atoms with Crippen molar-refractivity contribution in [1.82, 2.24) is 4.90 Å². The number of hydrogen-bond donors (Lipinski definition) is 1. The highest BCUT2D eigenvalue weighted by Gasteiger charge is 2.38. The standard InChI is InChI=1S/C26H26ClNO.C2HF3O2/c1-28(2)16-17-29-20-12-13-23-25(18-20)22-11-7-6-10-21(22)24(14-15-27)26(23)19-8-4-3-5-9-19;3-2(4,5)1(6)7/h3-13,18H,14-17H2,1-2H3;(H,6,7). The first-order valence-electron chi connectivity index (χ1n) is 11.3. The van der Waals surface area contributed by atoms with Crippen molar-refractivity contribution in [2.24, 2.45) is 0 Å². The van der Waals surface area contributed by atoms with Crippen molar-refractivity contribution < 1.29 is 27.8 Å². The van der Waals surface area contributed by atoms with Crippen LogP contribution in [0.3, 0.4) is 0 Å². The molecule has 1 N–H and O–H groups in total. The zero-order valence-corrected chi connectivity index (χ0v) is 20.7. The zero-order valence-electron chi connectivity index (χ0n) is 20.0. The Morgan fingerprint density at radius 2 is 1.53 bits per heavy atom. The number of carboxylic acid groups (broad SMARTS) is 1. The number of benzene rings is 4. The van der Waals surface area contributed by atoms with E-state index in [1.807, 2.05) is 0 Å². The van der Waals surface area contributed by atoms with Crippen LogP contribution in [0.1, 0.15) is 5.56 Å². The van der Waals surface area contributed by atoms with Gasteiger partial charge in [-0.1, -0.05) is 60.7 Å². The molecule has 0 bridgehead atoms. The quantitative estimate of drug-likeness (QED) is 0.211. The van der Waals surface area contributed by atoms with Gasteiger partial charge in [0.2, 0.25) is 0 Å². The van der Waals surface area contributed by atoms with Gasteiger partial charge in [0, 0.05) is 12.4 Å². The van der Waals surface area contributed by atoms with E-state index in [1.165, 1.54) is 38.2 Å². The number of fused-ring (bicyclic) bond motifs is 3. The van der Waals surface area contributed by atoms with E-state index >= 15 is 0 Å². The Balaban J connectivity index is 0.000000454. The maximum atomic E-state index is 10.6. The molecular formula is C28H27ClF3NO3. The fourth-order valence-electron chi connectivity index (χ4n) is 3.97. The predicted molar refractivity (Wildman–Crippen MR) is 139 cm³/mol. The van der Waals surface area contributed by atoms with Gasteiger partial charge in [-0.3, -0.25) is 0 Å². The van der Waals surface area contributed by atoms with Crippen molar-refractivity contribution in [3.05, 3.63) is 78.4 Å². The molecule has 0 aliphatic heterocycles. The number of rotatable bonds is 7. The summed E-state index contributed by atoms with van der Waals surface area (Å²) in [6.45, 7) is 1.56. The van der Waals surface area contributed by atoms with Crippen molar-refractivity contribution in [3.63, 3.8) is 0 Å². The minimum Gasteiger partial charge on any atom is -0.492 e. The summed E-state index contributed by atoms with van der Waals surface area (Å²) in [5, 5.41) is 12.1. The molecule has 0 atom stereocenters. The van der Waals surface area contributed by atoms with E-state index in [9.17, 15) is 13.2 Å². The van der Waals surface area contributed by atoms with Gasteiger partial charge in [-0.25, -0.2) is 4.79 Å². The second-order valence-electron chi connectivity index (χ2n) is 8.37. The third-order valence-electron chi connectivity index (χ3n) is 5.56. The van der Waals surface area contributed by atoms with Crippen LogP contribution in [0, 0.1) is 0 Å². The molecule has 0 spiro atoms. The first kappa shape index (κ1) is 27.3. The van der Waals surface area contributed by atoms with Gasteiger partial charge >= 0.3 is 12.1 Å². The molecule has 0 aromatic heterocycles. The number of nitrogens with zero attached hydrogens (tertiary/aromatic N) is 1. The Kier molecular flexibility index (Phi) is 9.18. The van der Waals surface area contributed by atoms with Crippen LogP contribution in [0.4, 0.5) is 13.2 Å². The molecule has 4 aromatic carbocycles. The Bertz CT molecular complexity index is 1320. The lowest BCUT2D eigenvalue weighted by molar-refractivity contribution is -0.192. The summed E-state index contributed by atoms with van der Waals surface area (Å²) in [5.74, 6) is -1.25. The van der Waals surface area contributed by atoms with E-state index in [0.29, 0.717) is 12.5 Å². The highest BCUT2D eigenvalue weighted by atomic mass is 35.5. The van der Waals surface area contributed by atoms with Crippen LogP contribution in [0.5, 0.6) is 5.75 Å². The molecule has 0 saturated carbocycles. The molecule has 190 valence electrons. The Labute approximate surface area is 212 Å². The zero-order chi connectivity index (χ0) is 26.3. The highest BCUT2D eigenvalue weighted by Crippen LogP contribution is 2.40. The maximum Gasteiger partial charge on any atom is 0.490 e. The van der Waals surface area contributed by atoms with Crippen molar-refractivity contribution in [2.75, 3.05) is 33.1 Å². The minimum atomic E-state index is -5.08. The topological polar surface area (TPSA) is 49.8 Å². The molecule has 0 unspecified atom stereocenters. The smallest absolute Gasteiger partial charge is 0.490 e. The molecule has 0 saturated heterocycles. The monoisotopic (exact) mass is 517 g/mol. The lowest BCUT2D eigenvalue weighted by atomic mass is 9.87. The van der Waals surface area contributed by atoms with E-state index in [0.717, 1.165) is 18.7 Å². The van der Waals surface area contributed by atoms with E-state index in [2.05, 4.69) is 91.8 Å². The molecule has 8 heteroatoms. The van der Waals surface area contributed by atoms with Gasteiger partial charge in [-0.2, -0.15) is 13.2 Å². The average molecular weight is 518 g/mol. The van der Waals surface area contributed by atoms with E-state index < -0.39 is 12.1 Å². The SMILES string of the molecule is CN(C)CCOc1ccc2c(-c3ccccc3)c(CCCl)c3ccccc3c2c1.O=C(O)C(F)(F)F. The number of alkyl halides is 4. The summed E-state index contributed by atoms with van der Waals surface area (Å²) in [7, 11) is 4.11. The predicted octanol–water partition coefficient (Wildman–Crippen LogP) is 7.02. The lowest BCUT2D eigenvalue weighted by Gasteiger charge is -2.18. The molecular weight excluding hydrogens is 491 g/mol. The Hall–Kier alpha value is -3.29. The van der Waals surface area contributed by atoms with Crippen LogP contribution < -0.4 is 4.74 Å². The summed E-state index contributed by atoms with van der Waals surface area (Å²) >= 11 is 6.23. The van der Waals surface area contributed by atoms with Gasteiger partial charge in [0.25, 0.3) is 0 Å². The van der Waals surface area contributed by atoms with E-state index in [4.69, 9.17) is 26.2 Å². The van der Waals surface area contributed by atoms with E-state index in [-0.39, 0.29) is 0 Å². The summed E-state index contributed by atoms with van der Waals surface area (Å²) in [6, 6.07) is 25.7. The number of halogens is 4. The third kappa shape index (κ3) is 6.68. The third-order valence-corrected chi connectivity index (χ3v) is 5.75. The molecule has 0 fully saturated rings. The van der Waals surface area contributed by atoms with Gasteiger partial charge in [0.1, 0.15) is 12.4 Å². The summed E-state index contributed by atoms with van der Waals surface area (Å²) in [4.78, 5) is 11.0. The first-order chi connectivity index (χ1) is 17.1. The summed E-state index contributed by atoms with van der Waals surface area (Å²) in [5.41, 5.74) is 3.82. The summed E-state index contributed by atoms with van der Waals surface area (Å²) < 4.78 is 37.8. The minimum absolute atomic E-state index is 0.598. The van der Waals surface area contributed by atoms with Crippen LogP contribution in [0.2, 0.25) is 0 Å². The van der Waals surface area contributed by atoms with Crippen LogP contribution >= 0.6 is 11.6 Å². The van der Waals surface area contributed by atoms with Gasteiger partial charge in [-0.05, 0) is 70.9 Å². The molecule has 36 heavy (non-hydrogen) atoms. The number of carbonyl (C=O) groups is 1. The fraction of sp³-hybridized carbons (Fsp3) is 0.250. The van der Waals surface area contributed by atoms with Gasteiger partial charge in [0.15, 0.2) is 0 Å². The normalized spacial score (nSPS) is 11.4. The second-order valence-corrected chi connectivity index (χ2v) is 8.74. The first-order valence-corrected chi connectivity index (χ1v) is 11.8. The molecule has 0 radical (unpaired) electrons.